The lowest BCUT2D eigenvalue weighted by Crippen LogP contribution is -2.66. The van der Waals surface area contributed by atoms with Crippen LogP contribution in [-0.2, 0) is 39.0 Å². The fraction of sp³-hybridized carbons (Fsp3) is 0.606. The van der Waals surface area contributed by atoms with E-state index in [4.69, 9.17) is 30.6 Å². The van der Waals surface area contributed by atoms with Crippen LogP contribution in [0.15, 0.2) is 42.0 Å². The molecule has 1 saturated heterocycles. The van der Waals surface area contributed by atoms with Crippen LogP contribution in [0.4, 0.5) is 5.69 Å². The smallest absolute Gasteiger partial charge is 0.330 e. The van der Waals surface area contributed by atoms with Gasteiger partial charge in [0.15, 0.2) is 18.4 Å². The van der Waals surface area contributed by atoms with Crippen molar-refractivity contribution in [3.8, 4) is 0 Å². The maximum absolute atomic E-state index is 14.0. The minimum absolute atomic E-state index is 0.0762. The Hall–Kier alpha value is -2.96. The molecule has 11 nitrogen and oxygen atoms in total. The molecule has 4 aliphatic rings. The molecule has 3 N–H and O–H groups in total. The zero-order chi connectivity index (χ0) is 32.8. The molecular weight excluding hydrogens is 604 g/mol. The number of aliphatic hydroxyl groups is 2. The molecular formula is C33H43ClN2O9. The maximum Gasteiger partial charge on any atom is 0.330 e. The molecule has 0 bridgehead atoms. The lowest BCUT2D eigenvalue weighted by molar-refractivity contribution is -0.224. The van der Waals surface area contributed by atoms with Gasteiger partial charge in [-0.05, 0) is 56.1 Å². The van der Waals surface area contributed by atoms with Crippen LogP contribution >= 0.6 is 11.6 Å². The van der Waals surface area contributed by atoms with Crippen LogP contribution in [0.2, 0.25) is 5.02 Å². The third-order valence-electron chi connectivity index (χ3n) is 9.99. The first kappa shape index (κ1) is 33.4. The molecule has 2 heterocycles. The van der Waals surface area contributed by atoms with Crippen LogP contribution < -0.4 is 10.4 Å². The van der Waals surface area contributed by atoms with Crippen LogP contribution in [0.25, 0.3) is 0 Å². The Morgan fingerprint density at radius 2 is 1.98 bits per heavy atom. The van der Waals surface area contributed by atoms with Crippen molar-refractivity contribution in [2.75, 3.05) is 18.7 Å². The summed E-state index contributed by atoms with van der Waals surface area (Å²) in [4.78, 5) is 44.1. The van der Waals surface area contributed by atoms with Gasteiger partial charge in [-0.3, -0.25) is 24.8 Å². The van der Waals surface area contributed by atoms with Gasteiger partial charge in [0.2, 0.25) is 0 Å². The minimum Gasteiger partial charge on any atom is -0.463 e. The number of carbonyl (C=O) groups is 3. The second-order valence-electron chi connectivity index (χ2n) is 12.8. The molecule has 0 spiro atoms. The van der Waals surface area contributed by atoms with E-state index >= 15 is 0 Å². The molecule has 1 aromatic rings. The number of ether oxygens (including phenoxy) is 3. The van der Waals surface area contributed by atoms with Crippen LogP contribution in [0, 0.1) is 23.7 Å². The van der Waals surface area contributed by atoms with Gasteiger partial charge in [0.25, 0.3) is 0 Å². The lowest BCUT2D eigenvalue weighted by Gasteiger charge is -2.55. The van der Waals surface area contributed by atoms with Crippen LogP contribution in [0.3, 0.4) is 0 Å². The van der Waals surface area contributed by atoms with Crippen LogP contribution in [0.5, 0.6) is 0 Å². The number of carbonyl (C=O) groups excluding carboxylic acids is 3. The normalized spacial score (nSPS) is 36.3. The third-order valence-corrected chi connectivity index (χ3v) is 10.3. The maximum atomic E-state index is 14.0. The fourth-order valence-corrected chi connectivity index (χ4v) is 7.97. The highest BCUT2D eigenvalue weighted by Gasteiger charge is 2.62. The number of hydroxylamine groups is 1. The monoisotopic (exact) mass is 646 g/mol. The molecule has 1 unspecified atom stereocenters. The first-order valence-electron chi connectivity index (χ1n) is 15.5. The molecule has 0 aromatic heterocycles. The highest BCUT2D eigenvalue weighted by Crippen LogP contribution is 2.53. The van der Waals surface area contributed by atoms with Crippen molar-refractivity contribution in [3.63, 3.8) is 0 Å². The second kappa shape index (κ2) is 12.7. The van der Waals surface area contributed by atoms with Crippen molar-refractivity contribution in [3.05, 3.63) is 52.6 Å². The van der Waals surface area contributed by atoms with Gasteiger partial charge in [-0.25, -0.2) is 4.79 Å². The molecule has 1 saturated carbocycles. The summed E-state index contributed by atoms with van der Waals surface area (Å²) < 4.78 is 16.9. The van der Waals surface area contributed by atoms with E-state index in [1.807, 2.05) is 19.9 Å². The van der Waals surface area contributed by atoms with E-state index in [-0.39, 0.29) is 30.8 Å². The number of rotatable bonds is 7. The molecule has 5 rings (SSSR count). The molecule has 0 amide bonds. The summed E-state index contributed by atoms with van der Waals surface area (Å²) in [7, 11) is 1.66. The fourth-order valence-electron chi connectivity index (χ4n) is 7.68. The van der Waals surface area contributed by atoms with Crippen LogP contribution in [-0.4, -0.2) is 71.9 Å². The summed E-state index contributed by atoms with van der Waals surface area (Å²) in [5, 5.41) is 29.3. The zero-order valence-electron chi connectivity index (χ0n) is 26.5. The second-order valence-corrected chi connectivity index (χ2v) is 13.2. The zero-order valence-corrected chi connectivity index (χ0v) is 27.2. The number of nitrogens with zero attached hydrogens (tertiary/aromatic N) is 1. The van der Waals surface area contributed by atoms with Gasteiger partial charge >= 0.3 is 17.9 Å². The molecule has 2 aliphatic heterocycles. The topological polar surface area (TPSA) is 144 Å². The minimum atomic E-state index is -1.59. The first-order chi connectivity index (χ1) is 21.2. The lowest BCUT2D eigenvalue weighted by atomic mass is 9.55. The summed E-state index contributed by atoms with van der Waals surface area (Å²) in [6, 6.07) is 4.14. The van der Waals surface area contributed by atoms with Gasteiger partial charge in [0, 0.05) is 37.9 Å². The molecule has 12 heteroatoms. The number of para-hydroxylation sites is 1. The van der Waals surface area contributed by atoms with E-state index in [0.717, 1.165) is 6.42 Å². The standard InChI is InChI=1S/C33H43ClN2O9/c1-7-42-26(38)14-11-17(2)21-13-12-19(4)33(41)23(21)15-18(3)28(43-20(5)37)29(33)44-30(39)25-16-32(40)22-9-8-10-24(34)27(22)36(6)45-31(32)35-25/h8-11,14-15,17,19,21,23,25,28-29,31,35,40-41H,7,12-13,16H2,1-6H3/b14-11+/t17?,19-,21+,23-,25+,28-,29+,31-,32-,33-/m1/s1. The van der Waals surface area contributed by atoms with Crippen molar-refractivity contribution in [1.82, 2.24) is 5.32 Å². The van der Waals surface area contributed by atoms with Gasteiger partial charge in [-0.1, -0.05) is 49.7 Å². The van der Waals surface area contributed by atoms with Crippen LogP contribution in [0.1, 0.15) is 59.4 Å². The van der Waals surface area contributed by atoms with Gasteiger partial charge in [0.05, 0.1) is 17.3 Å². The predicted molar refractivity (Wildman–Crippen MR) is 165 cm³/mol. The number of anilines is 1. The number of nitrogens with one attached hydrogen (secondary N) is 1. The number of esters is 3. The van der Waals surface area contributed by atoms with Gasteiger partial charge in [0.1, 0.15) is 17.2 Å². The van der Waals surface area contributed by atoms with E-state index in [1.54, 1.807) is 45.2 Å². The number of halogens is 1. The first-order valence-corrected chi connectivity index (χ1v) is 15.9. The quantitative estimate of drug-likeness (QED) is 0.173. The van der Waals surface area contributed by atoms with E-state index in [1.165, 1.54) is 18.1 Å². The number of hydrogen-bond donors (Lipinski definition) is 3. The Labute approximate surface area is 268 Å². The highest BCUT2D eigenvalue weighted by atomic mass is 35.5. The Bertz CT molecular complexity index is 1400. The van der Waals surface area contributed by atoms with E-state index < -0.39 is 59.5 Å². The van der Waals surface area contributed by atoms with Crippen molar-refractivity contribution in [2.45, 2.75) is 89.6 Å². The average molecular weight is 647 g/mol. The summed E-state index contributed by atoms with van der Waals surface area (Å²) in [5.41, 5.74) is -1.51. The number of benzene rings is 1. The van der Waals surface area contributed by atoms with Gasteiger partial charge < -0.3 is 24.4 Å². The van der Waals surface area contributed by atoms with E-state index in [0.29, 0.717) is 28.3 Å². The molecule has 246 valence electrons. The molecule has 2 fully saturated rings. The molecule has 45 heavy (non-hydrogen) atoms. The summed E-state index contributed by atoms with van der Waals surface area (Å²) in [6.07, 6.45) is 3.19. The molecule has 1 aromatic carbocycles. The Morgan fingerprint density at radius 1 is 1.24 bits per heavy atom. The number of fused-ring (bicyclic) bond motifs is 4. The SMILES string of the molecule is CCOC(=O)/C=C/C(C)[C@@H]1CC[C@@H](C)[C@@]2(O)[C@@H]1C=C(C)[C@@H](OC(C)=O)[C@@H]2OC(=O)[C@@H]1C[C@@]2(O)c3cccc(Cl)c3N(C)O[C@H]2N1. The summed E-state index contributed by atoms with van der Waals surface area (Å²) in [6.45, 7) is 8.95. The van der Waals surface area contributed by atoms with Crippen molar-refractivity contribution in [1.29, 1.82) is 0 Å². The molecule has 10 atom stereocenters. The summed E-state index contributed by atoms with van der Waals surface area (Å²) in [5.74, 6) is -2.76. The largest absolute Gasteiger partial charge is 0.463 e. The Kier molecular flexibility index (Phi) is 9.41. The third kappa shape index (κ3) is 5.89. The van der Waals surface area contributed by atoms with E-state index in [2.05, 4.69) is 5.32 Å². The summed E-state index contributed by atoms with van der Waals surface area (Å²) >= 11 is 6.42. The number of allylic oxidation sites excluding steroid dienone is 1. The number of hydrogen-bond acceptors (Lipinski definition) is 11. The molecule has 2 aliphatic carbocycles. The average Bonchev–Trinajstić information content (AvgIpc) is 3.33. The van der Waals surface area contributed by atoms with E-state index in [9.17, 15) is 24.6 Å². The van der Waals surface area contributed by atoms with Crippen molar-refractivity contribution < 1.29 is 43.6 Å². The van der Waals surface area contributed by atoms with Crippen molar-refractivity contribution >= 4 is 35.2 Å². The molecule has 0 radical (unpaired) electrons. The van der Waals surface area contributed by atoms with Crippen molar-refractivity contribution in [2.24, 2.45) is 23.7 Å². The van der Waals surface area contributed by atoms with Gasteiger partial charge in [-0.2, -0.15) is 0 Å². The Morgan fingerprint density at radius 3 is 2.67 bits per heavy atom. The predicted octanol–water partition coefficient (Wildman–Crippen LogP) is 3.55. The van der Waals surface area contributed by atoms with Gasteiger partial charge in [-0.15, -0.1) is 0 Å². The Balaban J connectivity index is 1.45. The highest BCUT2D eigenvalue weighted by molar-refractivity contribution is 6.33.